The van der Waals surface area contributed by atoms with E-state index < -0.39 is 22.0 Å². The van der Waals surface area contributed by atoms with Crippen LogP contribution in [0.5, 0.6) is 5.75 Å². The third kappa shape index (κ3) is 4.11. The van der Waals surface area contributed by atoms with Gasteiger partial charge < -0.3 is 14.8 Å². The summed E-state index contributed by atoms with van der Waals surface area (Å²) in [6.45, 7) is 3.75. The van der Waals surface area contributed by atoms with Crippen molar-refractivity contribution >= 4 is 21.7 Å². The van der Waals surface area contributed by atoms with Gasteiger partial charge >= 0.3 is 5.97 Å². The van der Waals surface area contributed by atoms with Crippen molar-refractivity contribution in [3.63, 3.8) is 0 Å². The molecule has 0 fully saturated rings. The van der Waals surface area contributed by atoms with Crippen molar-refractivity contribution < 1.29 is 22.7 Å². The number of methoxy groups -OCH3 is 1. The molecule has 124 valence electrons. The number of nitrogens with one attached hydrogen (secondary N) is 1. The minimum absolute atomic E-state index is 0.0430. The van der Waals surface area contributed by atoms with Crippen molar-refractivity contribution in [2.75, 3.05) is 33.1 Å². The molecule has 1 N–H and O–H groups in total. The van der Waals surface area contributed by atoms with E-state index in [4.69, 9.17) is 4.74 Å². The van der Waals surface area contributed by atoms with Gasteiger partial charge in [0.05, 0.1) is 13.7 Å². The van der Waals surface area contributed by atoms with Gasteiger partial charge in [0.1, 0.15) is 16.7 Å². The standard InChI is InChI=1S/C14H22N2O5S/c1-6-21-12-8-7-11(15-10(2)14(17)20-5)9-13(12)22(18,19)16(3)4/h7-10,15H,6H2,1-5H3/t10-/m0/s1. The number of carbonyl (C=O) groups is 1. The third-order valence-corrected chi connectivity index (χ3v) is 4.78. The molecule has 0 saturated heterocycles. The number of rotatable bonds is 7. The molecule has 0 amide bonds. The van der Waals surface area contributed by atoms with Crippen LogP contribution in [0.15, 0.2) is 23.1 Å². The number of hydrogen-bond acceptors (Lipinski definition) is 6. The summed E-state index contributed by atoms with van der Waals surface area (Å²) in [5, 5.41) is 2.90. The molecule has 0 unspecified atom stereocenters. The fourth-order valence-corrected chi connectivity index (χ4v) is 2.81. The highest BCUT2D eigenvalue weighted by Crippen LogP contribution is 2.29. The lowest BCUT2D eigenvalue weighted by Gasteiger charge is -2.18. The number of anilines is 1. The van der Waals surface area contributed by atoms with Crippen molar-refractivity contribution in [2.24, 2.45) is 0 Å². The van der Waals surface area contributed by atoms with E-state index in [0.717, 1.165) is 4.31 Å². The number of hydrogen-bond donors (Lipinski definition) is 1. The first-order chi connectivity index (χ1) is 10.2. The second-order valence-corrected chi connectivity index (χ2v) is 6.89. The molecule has 0 spiro atoms. The van der Waals surface area contributed by atoms with Gasteiger partial charge in [0.2, 0.25) is 10.0 Å². The van der Waals surface area contributed by atoms with Gasteiger partial charge in [-0.15, -0.1) is 0 Å². The highest BCUT2D eigenvalue weighted by molar-refractivity contribution is 7.89. The van der Waals surface area contributed by atoms with Crippen LogP contribution < -0.4 is 10.1 Å². The van der Waals surface area contributed by atoms with Crippen LogP contribution in [-0.2, 0) is 19.6 Å². The summed E-state index contributed by atoms with van der Waals surface area (Å²) >= 11 is 0. The third-order valence-electron chi connectivity index (χ3n) is 2.94. The summed E-state index contributed by atoms with van der Waals surface area (Å²) in [7, 11) is 0.524. The second-order valence-electron chi connectivity index (χ2n) is 4.77. The Morgan fingerprint density at radius 2 is 2.00 bits per heavy atom. The molecule has 1 atom stereocenters. The van der Waals surface area contributed by atoms with E-state index in [1.54, 1.807) is 26.0 Å². The first kappa shape index (κ1) is 18.2. The van der Waals surface area contributed by atoms with E-state index in [2.05, 4.69) is 10.1 Å². The Balaban J connectivity index is 3.23. The average Bonchev–Trinajstić information content (AvgIpc) is 2.47. The van der Waals surface area contributed by atoms with E-state index >= 15 is 0 Å². The monoisotopic (exact) mass is 330 g/mol. The van der Waals surface area contributed by atoms with Crippen LogP contribution in [0.3, 0.4) is 0 Å². The van der Waals surface area contributed by atoms with Gasteiger partial charge in [0.15, 0.2) is 0 Å². The van der Waals surface area contributed by atoms with Crippen molar-refractivity contribution in [3.8, 4) is 5.75 Å². The molecule has 1 rings (SSSR count). The molecule has 7 nitrogen and oxygen atoms in total. The zero-order valence-electron chi connectivity index (χ0n) is 13.4. The molecule has 0 aromatic heterocycles. The topological polar surface area (TPSA) is 84.9 Å². The summed E-state index contributed by atoms with van der Waals surface area (Å²) in [5.74, 6) is -0.168. The first-order valence-electron chi connectivity index (χ1n) is 6.77. The molecule has 0 bridgehead atoms. The minimum atomic E-state index is -3.66. The molecular formula is C14H22N2O5S. The Hall–Kier alpha value is -1.80. The molecule has 0 aliphatic rings. The quantitative estimate of drug-likeness (QED) is 0.759. The lowest BCUT2D eigenvalue weighted by Crippen LogP contribution is -2.27. The highest BCUT2D eigenvalue weighted by atomic mass is 32.2. The minimum Gasteiger partial charge on any atom is -0.492 e. The van der Waals surface area contributed by atoms with Crippen LogP contribution >= 0.6 is 0 Å². The molecule has 1 aromatic carbocycles. The molecule has 8 heteroatoms. The van der Waals surface area contributed by atoms with Crippen LogP contribution in [0.4, 0.5) is 5.69 Å². The maximum absolute atomic E-state index is 12.4. The number of ether oxygens (including phenoxy) is 2. The smallest absolute Gasteiger partial charge is 0.327 e. The summed E-state index contributed by atoms with van der Waals surface area (Å²) in [6.07, 6.45) is 0. The summed E-state index contributed by atoms with van der Waals surface area (Å²) in [6, 6.07) is 4.06. The predicted octanol–water partition coefficient (Wildman–Crippen LogP) is 1.31. The van der Waals surface area contributed by atoms with Gasteiger partial charge in [0, 0.05) is 19.8 Å². The largest absolute Gasteiger partial charge is 0.492 e. The molecule has 0 aliphatic carbocycles. The van der Waals surface area contributed by atoms with E-state index in [1.807, 2.05) is 0 Å². The molecule has 0 heterocycles. The van der Waals surface area contributed by atoms with Crippen molar-refractivity contribution in [3.05, 3.63) is 18.2 Å². The van der Waals surface area contributed by atoms with Crippen molar-refractivity contribution in [1.82, 2.24) is 4.31 Å². The highest BCUT2D eigenvalue weighted by Gasteiger charge is 2.23. The van der Waals surface area contributed by atoms with E-state index in [9.17, 15) is 13.2 Å². The maximum Gasteiger partial charge on any atom is 0.327 e. The molecule has 22 heavy (non-hydrogen) atoms. The van der Waals surface area contributed by atoms with E-state index in [0.29, 0.717) is 12.3 Å². The normalized spacial score (nSPS) is 12.8. The van der Waals surface area contributed by atoms with Gasteiger partial charge in [-0.3, -0.25) is 0 Å². The van der Waals surface area contributed by atoms with E-state index in [1.165, 1.54) is 27.3 Å². The zero-order chi connectivity index (χ0) is 16.9. The molecule has 0 radical (unpaired) electrons. The number of sulfonamides is 1. The second kappa shape index (κ2) is 7.46. The fraction of sp³-hybridized carbons (Fsp3) is 0.500. The number of carbonyl (C=O) groups excluding carboxylic acids is 1. The van der Waals surface area contributed by atoms with Gasteiger partial charge in [-0.1, -0.05) is 0 Å². The Bertz CT molecular complexity index is 628. The van der Waals surface area contributed by atoms with Crippen LogP contribution in [-0.4, -0.2) is 52.5 Å². The van der Waals surface area contributed by atoms with Crippen LogP contribution in [0.25, 0.3) is 0 Å². The molecular weight excluding hydrogens is 308 g/mol. The van der Waals surface area contributed by atoms with Gasteiger partial charge in [-0.05, 0) is 32.0 Å². The summed E-state index contributed by atoms with van der Waals surface area (Å²) < 4.78 is 35.9. The molecule has 0 saturated carbocycles. The van der Waals surface area contributed by atoms with Gasteiger partial charge in [0.25, 0.3) is 0 Å². The van der Waals surface area contributed by atoms with Crippen LogP contribution in [0.1, 0.15) is 13.8 Å². The van der Waals surface area contributed by atoms with Crippen molar-refractivity contribution in [1.29, 1.82) is 0 Å². The fourth-order valence-electron chi connectivity index (χ4n) is 1.76. The predicted molar refractivity (Wildman–Crippen MR) is 83.6 cm³/mol. The average molecular weight is 330 g/mol. The lowest BCUT2D eigenvalue weighted by molar-refractivity contribution is -0.141. The van der Waals surface area contributed by atoms with Crippen molar-refractivity contribution in [2.45, 2.75) is 24.8 Å². The maximum atomic E-state index is 12.4. The summed E-state index contributed by atoms with van der Waals surface area (Å²) in [5.41, 5.74) is 0.488. The van der Waals surface area contributed by atoms with Gasteiger partial charge in [-0.25, -0.2) is 17.5 Å². The van der Waals surface area contributed by atoms with Gasteiger partial charge in [-0.2, -0.15) is 0 Å². The Kier molecular flexibility index (Phi) is 6.19. The Labute approximate surface area is 131 Å². The zero-order valence-corrected chi connectivity index (χ0v) is 14.2. The molecule has 1 aromatic rings. The number of nitrogens with zero attached hydrogens (tertiary/aromatic N) is 1. The number of esters is 1. The van der Waals surface area contributed by atoms with Crippen LogP contribution in [0, 0.1) is 0 Å². The SMILES string of the molecule is CCOc1ccc(N[C@@H](C)C(=O)OC)cc1S(=O)(=O)N(C)C. The molecule has 0 aliphatic heterocycles. The summed E-state index contributed by atoms with van der Waals surface area (Å²) in [4.78, 5) is 11.5. The van der Waals surface area contributed by atoms with Crippen LogP contribution in [0.2, 0.25) is 0 Å². The van der Waals surface area contributed by atoms with E-state index in [-0.39, 0.29) is 10.6 Å². The Morgan fingerprint density at radius 3 is 2.50 bits per heavy atom. The first-order valence-corrected chi connectivity index (χ1v) is 8.21. The number of benzene rings is 1. The Morgan fingerprint density at radius 1 is 1.36 bits per heavy atom. The lowest BCUT2D eigenvalue weighted by atomic mass is 10.2.